The fourth-order valence-corrected chi connectivity index (χ4v) is 6.89. The van der Waals surface area contributed by atoms with Crippen LogP contribution in [0.2, 0.25) is 0 Å². The minimum absolute atomic E-state index is 0.0690. The zero-order valence-corrected chi connectivity index (χ0v) is 38.6. The minimum Gasteiger partial charge on any atom is -0.462 e. The molecular weight excluding hydrogens is 717 g/mol. The van der Waals surface area contributed by atoms with E-state index in [1.165, 1.54) is 116 Å². The summed E-state index contributed by atoms with van der Waals surface area (Å²) in [5, 5.41) is 0. The monoisotopic (exact) mass is 811 g/mol. The van der Waals surface area contributed by atoms with Crippen molar-refractivity contribution in [3.63, 3.8) is 0 Å². The van der Waals surface area contributed by atoms with Gasteiger partial charge in [-0.05, 0) is 64.2 Å². The molecular formula is C53H94O5. The van der Waals surface area contributed by atoms with Crippen LogP contribution in [0.3, 0.4) is 0 Å². The van der Waals surface area contributed by atoms with Gasteiger partial charge in [0.2, 0.25) is 0 Å². The van der Waals surface area contributed by atoms with Crippen LogP contribution in [0.15, 0.2) is 60.8 Å². The normalized spacial score (nSPS) is 12.7. The molecule has 1 atom stereocenters. The SMILES string of the molecule is CC/C=C\C/C=C\C/C=C\C/C=C\C/C=C\CCCCCC(=O)OCC(COCCCCCCCCCCCCCCCCCCCC)OC(=O)CCCCCCC. The molecule has 0 saturated carbocycles. The van der Waals surface area contributed by atoms with Crippen molar-refractivity contribution in [2.24, 2.45) is 0 Å². The fourth-order valence-electron chi connectivity index (χ4n) is 6.89. The van der Waals surface area contributed by atoms with Gasteiger partial charge in [-0.1, -0.05) is 223 Å². The van der Waals surface area contributed by atoms with Crippen molar-refractivity contribution in [3.05, 3.63) is 60.8 Å². The average molecular weight is 811 g/mol. The zero-order chi connectivity index (χ0) is 42.1. The Kier molecular flexibility index (Phi) is 46.9. The molecule has 58 heavy (non-hydrogen) atoms. The van der Waals surface area contributed by atoms with Crippen molar-refractivity contribution in [1.82, 2.24) is 0 Å². The third-order valence-corrected chi connectivity index (χ3v) is 10.6. The molecule has 5 nitrogen and oxygen atoms in total. The molecule has 1 unspecified atom stereocenters. The van der Waals surface area contributed by atoms with Crippen molar-refractivity contribution in [1.29, 1.82) is 0 Å². The van der Waals surface area contributed by atoms with Gasteiger partial charge in [0.05, 0.1) is 6.61 Å². The third kappa shape index (κ3) is 46.3. The first kappa shape index (κ1) is 55.6. The quantitative estimate of drug-likeness (QED) is 0.0348. The molecule has 5 heteroatoms. The van der Waals surface area contributed by atoms with E-state index in [9.17, 15) is 9.59 Å². The molecule has 0 aliphatic rings. The molecule has 0 aromatic carbocycles. The largest absolute Gasteiger partial charge is 0.462 e. The Labute approximate surface area is 360 Å². The lowest BCUT2D eigenvalue weighted by Crippen LogP contribution is -2.30. The highest BCUT2D eigenvalue weighted by Gasteiger charge is 2.17. The van der Waals surface area contributed by atoms with Crippen LogP contribution in [-0.2, 0) is 23.8 Å². The smallest absolute Gasteiger partial charge is 0.306 e. The van der Waals surface area contributed by atoms with Crippen LogP contribution < -0.4 is 0 Å². The van der Waals surface area contributed by atoms with Crippen molar-refractivity contribution in [3.8, 4) is 0 Å². The Morgan fingerprint density at radius 1 is 0.397 bits per heavy atom. The van der Waals surface area contributed by atoms with E-state index in [-0.39, 0.29) is 25.2 Å². The highest BCUT2D eigenvalue weighted by Crippen LogP contribution is 2.15. The van der Waals surface area contributed by atoms with Gasteiger partial charge in [-0.3, -0.25) is 9.59 Å². The predicted octanol–water partition coefficient (Wildman–Crippen LogP) is 16.6. The number of unbranched alkanes of at least 4 members (excludes halogenated alkanes) is 24. The minimum atomic E-state index is -0.544. The Hall–Kier alpha value is -2.40. The van der Waals surface area contributed by atoms with E-state index in [2.05, 4.69) is 81.5 Å². The lowest BCUT2D eigenvalue weighted by molar-refractivity contribution is -0.163. The number of rotatable bonds is 45. The average Bonchev–Trinajstić information content (AvgIpc) is 3.22. The van der Waals surface area contributed by atoms with E-state index in [0.29, 0.717) is 19.4 Å². The summed E-state index contributed by atoms with van der Waals surface area (Å²) in [6.45, 7) is 7.63. The predicted molar refractivity (Wildman–Crippen MR) is 251 cm³/mol. The van der Waals surface area contributed by atoms with Crippen molar-refractivity contribution < 1.29 is 23.8 Å². The van der Waals surface area contributed by atoms with Crippen LogP contribution >= 0.6 is 0 Å². The molecule has 0 bridgehead atoms. The first-order valence-electron chi connectivity index (χ1n) is 24.8. The van der Waals surface area contributed by atoms with E-state index in [0.717, 1.165) is 89.9 Å². The van der Waals surface area contributed by atoms with E-state index in [4.69, 9.17) is 14.2 Å². The Balaban J connectivity index is 4.07. The highest BCUT2D eigenvalue weighted by atomic mass is 16.6. The second kappa shape index (κ2) is 49.0. The number of carbonyl (C=O) groups excluding carboxylic acids is 2. The van der Waals surface area contributed by atoms with E-state index in [1.807, 2.05) is 0 Å². The maximum Gasteiger partial charge on any atom is 0.306 e. The molecule has 336 valence electrons. The fraction of sp³-hybridized carbons (Fsp3) is 0.774. The van der Waals surface area contributed by atoms with Gasteiger partial charge in [0.25, 0.3) is 0 Å². The molecule has 0 amide bonds. The first-order chi connectivity index (χ1) is 28.6. The van der Waals surface area contributed by atoms with Crippen LogP contribution in [0.1, 0.15) is 239 Å². The standard InChI is InChI=1S/C53H94O5/c1-4-7-10-13-15-17-19-21-23-25-27-28-30-32-34-36-38-41-43-46-52(54)57-50-51(58-53(55)47-44-40-12-9-6-3)49-56-48-45-42-39-37-35-33-31-29-26-24-22-20-18-16-14-11-8-5-2/h7,10,15,17,21,23,27-28,32,34,51H,4-6,8-9,11-14,16,18-20,22,24-26,29-31,33,35-50H2,1-3H3/b10-7-,17-15-,23-21-,28-27-,34-32-. The summed E-state index contributed by atoms with van der Waals surface area (Å²) in [7, 11) is 0. The number of hydrogen-bond donors (Lipinski definition) is 0. The lowest BCUT2D eigenvalue weighted by Gasteiger charge is -2.18. The number of allylic oxidation sites excluding steroid dienone is 10. The van der Waals surface area contributed by atoms with E-state index < -0.39 is 6.10 Å². The maximum atomic E-state index is 12.6. The van der Waals surface area contributed by atoms with Crippen LogP contribution in [0.5, 0.6) is 0 Å². The highest BCUT2D eigenvalue weighted by molar-refractivity contribution is 5.70. The van der Waals surface area contributed by atoms with Gasteiger partial charge in [-0.15, -0.1) is 0 Å². The summed E-state index contributed by atoms with van der Waals surface area (Å²) in [5.74, 6) is -0.441. The Bertz CT molecular complexity index is 1010. The molecule has 0 aliphatic heterocycles. The van der Waals surface area contributed by atoms with Crippen LogP contribution in [0, 0.1) is 0 Å². The summed E-state index contributed by atoms with van der Waals surface area (Å²) in [6, 6.07) is 0. The summed E-state index contributed by atoms with van der Waals surface area (Å²) >= 11 is 0. The molecule has 0 N–H and O–H groups in total. The van der Waals surface area contributed by atoms with Crippen molar-refractivity contribution >= 4 is 11.9 Å². The zero-order valence-electron chi connectivity index (χ0n) is 38.6. The number of esters is 2. The molecule has 0 heterocycles. The molecule has 0 saturated heterocycles. The van der Waals surface area contributed by atoms with E-state index >= 15 is 0 Å². The first-order valence-corrected chi connectivity index (χ1v) is 24.8. The third-order valence-electron chi connectivity index (χ3n) is 10.6. The molecule has 0 rings (SSSR count). The van der Waals surface area contributed by atoms with Gasteiger partial charge in [-0.2, -0.15) is 0 Å². The van der Waals surface area contributed by atoms with Gasteiger partial charge in [0, 0.05) is 19.4 Å². The molecule has 0 spiro atoms. The molecule has 0 aliphatic carbocycles. The van der Waals surface area contributed by atoms with Crippen molar-refractivity contribution in [2.75, 3.05) is 19.8 Å². The molecule has 0 aromatic rings. The summed E-state index contributed by atoms with van der Waals surface area (Å²) in [4.78, 5) is 25.1. The van der Waals surface area contributed by atoms with Crippen LogP contribution in [0.4, 0.5) is 0 Å². The second-order valence-corrected chi connectivity index (χ2v) is 16.4. The van der Waals surface area contributed by atoms with Gasteiger partial charge >= 0.3 is 11.9 Å². The summed E-state index contributed by atoms with van der Waals surface area (Å²) in [6.07, 6.45) is 61.2. The molecule has 0 radical (unpaired) electrons. The van der Waals surface area contributed by atoms with Gasteiger partial charge < -0.3 is 14.2 Å². The summed E-state index contributed by atoms with van der Waals surface area (Å²) < 4.78 is 17.2. The lowest BCUT2D eigenvalue weighted by atomic mass is 10.0. The Morgan fingerprint density at radius 2 is 0.776 bits per heavy atom. The van der Waals surface area contributed by atoms with Gasteiger partial charge in [0.15, 0.2) is 6.10 Å². The van der Waals surface area contributed by atoms with Crippen LogP contribution in [-0.4, -0.2) is 37.9 Å². The molecule has 0 fully saturated rings. The maximum absolute atomic E-state index is 12.6. The second-order valence-electron chi connectivity index (χ2n) is 16.4. The number of hydrogen-bond acceptors (Lipinski definition) is 5. The van der Waals surface area contributed by atoms with Crippen LogP contribution in [0.25, 0.3) is 0 Å². The van der Waals surface area contributed by atoms with Gasteiger partial charge in [0.1, 0.15) is 6.61 Å². The number of ether oxygens (including phenoxy) is 3. The molecule has 0 aromatic heterocycles. The number of carbonyl (C=O) groups is 2. The Morgan fingerprint density at radius 3 is 1.24 bits per heavy atom. The van der Waals surface area contributed by atoms with E-state index in [1.54, 1.807) is 0 Å². The van der Waals surface area contributed by atoms with Gasteiger partial charge in [-0.25, -0.2) is 0 Å². The summed E-state index contributed by atoms with van der Waals surface area (Å²) in [5.41, 5.74) is 0. The topological polar surface area (TPSA) is 61.8 Å². The van der Waals surface area contributed by atoms with Crippen molar-refractivity contribution in [2.45, 2.75) is 245 Å².